The second-order valence-electron chi connectivity index (χ2n) is 2.43. The molecule has 0 bridgehead atoms. The van der Waals surface area contributed by atoms with Crippen molar-refractivity contribution >= 4 is 12.2 Å². The molecule has 1 aromatic carbocycles. The highest BCUT2D eigenvalue weighted by Crippen LogP contribution is 2.00. The van der Waals surface area contributed by atoms with Gasteiger partial charge >= 0.3 is 6.16 Å². The fourth-order valence-corrected chi connectivity index (χ4v) is 0.735. The molecule has 4 nitrogen and oxygen atoms in total. The summed E-state index contributed by atoms with van der Waals surface area (Å²) in [6.45, 7) is 3.12. The molecule has 1 aromatic rings. The summed E-state index contributed by atoms with van der Waals surface area (Å²) < 4.78 is 4.18. The molecule has 1 rings (SSSR count). The van der Waals surface area contributed by atoms with E-state index in [0.29, 0.717) is 0 Å². The molecule has 16 heavy (non-hydrogen) atoms. The van der Waals surface area contributed by atoms with E-state index >= 15 is 0 Å². The smallest absolute Gasteiger partial charge is 0.449 e. The average Bonchev–Trinajstić information content (AvgIpc) is 2.30. The molecule has 0 heterocycles. The lowest BCUT2D eigenvalue weighted by atomic mass is 10.2. The fourth-order valence-electron chi connectivity index (χ4n) is 0.735. The molecule has 0 saturated carbocycles. The van der Waals surface area contributed by atoms with Gasteiger partial charge in [0.25, 0.3) is 0 Å². The molecule has 0 spiro atoms. The highest BCUT2D eigenvalue weighted by molar-refractivity contribution is 5.59. The third kappa shape index (κ3) is 8.08. The fraction of sp³-hybridized carbons (Fsp3) is 0. The lowest BCUT2D eigenvalue weighted by Crippen LogP contribution is -1.91. The summed E-state index contributed by atoms with van der Waals surface area (Å²) in [7, 11) is 0. The molecular formula is C12H11NO3. The Balaban J connectivity index is 0.000000487. The van der Waals surface area contributed by atoms with Gasteiger partial charge in [-0.3, -0.25) is 0 Å². The van der Waals surface area contributed by atoms with E-state index in [2.05, 4.69) is 11.3 Å². The maximum absolute atomic E-state index is 9.92. The Bertz CT molecular complexity index is 390. The van der Waals surface area contributed by atoms with Crippen LogP contribution in [-0.2, 0) is 4.74 Å². The van der Waals surface area contributed by atoms with E-state index in [9.17, 15) is 4.79 Å². The number of hydrogen-bond donors (Lipinski definition) is 1. The van der Waals surface area contributed by atoms with E-state index in [0.717, 1.165) is 11.8 Å². The summed E-state index contributed by atoms with van der Waals surface area (Å²) in [6, 6.07) is 11.0. The van der Waals surface area contributed by atoms with Crippen molar-refractivity contribution in [3.05, 3.63) is 54.8 Å². The van der Waals surface area contributed by atoms with Crippen molar-refractivity contribution in [2.24, 2.45) is 0 Å². The van der Waals surface area contributed by atoms with Crippen LogP contribution in [0.2, 0.25) is 0 Å². The summed E-state index contributed by atoms with van der Waals surface area (Å²) in [6.07, 6.45) is 2.59. The van der Waals surface area contributed by atoms with Gasteiger partial charge in [-0.15, -0.1) is 0 Å². The maximum Gasteiger partial charge on any atom is 0.510 e. The van der Waals surface area contributed by atoms with Crippen LogP contribution in [0.15, 0.2) is 49.2 Å². The van der Waals surface area contributed by atoms with E-state index in [1.165, 1.54) is 6.08 Å². The molecule has 0 aromatic heterocycles. The molecule has 1 N–H and O–H groups in total. The second kappa shape index (κ2) is 9.03. The maximum atomic E-state index is 9.92. The third-order valence-electron chi connectivity index (χ3n) is 1.32. The highest BCUT2D eigenvalue weighted by Gasteiger charge is 1.88. The first-order chi connectivity index (χ1) is 7.70. The summed E-state index contributed by atoms with van der Waals surface area (Å²) >= 11 is 0. The monoisotopic (exact) mass is 217 g/mol. The standard InChI is InChI=1S/C9H8O3.C3H3N/c10-9(11)12-7-6-8-4-2-1-3-5-8;1-2-3-4/h1-7H,(H,10,11);2H,1H2. The predicted octanol–water partition coefficient (Wildman–Crippen LogP) is 3.05. The summed E-state index contributed by atoms with van der Waals surface area (Å²) in [4.78, 5) is 9.92. The number of hydrogen-bond acceptors (Lipinski definition) is 3. The SMILES string of the molecule is C=CC#N.O=C(O)OC=Cc1ccccc1. The molecule has 0 fully saturated rings. The van der Waals surface area contributed by atoms with Gasteiger partial charge in [-0.2, -0.15) is 5.26 Å². The van der Waals surface area contributed by atoms with Gasteiger partial charge in [0.2, 0.25) is 0 Å². The number of nitrogens with zero attached hydrogens (tertiary/aromatic N) is 1. The Hall–Kier alpha value is -2.54. The van der Waals surface area contributed by atoms with Crippen molar-refractivity contribution < 1.29 is 14.6 Å². The van der Waals surface area contributed by atoms with Gasteiger partial charge in [0.05, 0.1) is 12.3 Å². The number of nitriles is 1. The summed E-state index contributed by atoms with van der Waals surface area (Å²) in [5, 5.41) is 15.6. The highest BCUT2D eigenvalue weighted by atomic mass is 16.7. The molecule has 0 aliphatic rings. The second-order valence-corrected chi connectivity index (χ2v) is 2.43. The van der Waals surface area contributed by atoms with Gasteiger partial charge in [0.15, 0.2) is 0 Å². The summed E-state index contributed by atoms with van der Waals surface area (Å²) in [5.41, 5.74) is 0.902. The van der Waals surface area contributed by atoms with Gasteiger partial charge in [-0.05, 0) is 11.6 Å². The van der Waals surface area contributed by atoms with Crippen LogP contribution in [0.25, 0.3) is 6.08 Å². The number of carbonyl (C=O) groups is 1. The number of benzene rings is 1. The molecule has 0 unspecified atom stereocenters. The zero-order valence-electron chi connectivity index (χ0n) is 8.54. The zero-order valence-corrected chi connectivity index (χ0v) is 8.54. The van der Waals surface area contributed by atoms with Crippen LogP contribution < -0.4 is 0 Å². The zero-order chi connectivity index (χ0) is 12.2. The number of rotatable bonds is 2. The first-order valence-corrected chi connectivity index (χ1v) is 4.32. The van der Waals surface area contributed by atoms with Gasteiger partial charge in [0, 0.05) is 6.08 Å². The Morgan fingerprint density at radius 1 is 1.44 bits per heavy atom. The van der Waals surface area contributed by atoms with Crippen molar-refractivity contribution in [2.45, 2.75) is 0 Å². The largest absolute Gasteiger partial charge is 0.510 e. The number of allylic oxidation sites excluding steroid dienone is 1. The average molecular weight is 217 g/mol. The predicted molar refractivity (Wildman–Crippen MR) is 60.4 cm³/mol. The topological polar surface area (TPSA) is 70.3 Å². The molecule has 0 aliphatic heterocycles. The van der Waals surface area contributed by atoms with Crippen molar-refractivity contribution in [3.63, 3.8) is 0 Å². The van der Waals surface area contributed by atoms with Crippen LogP contribution in [0.5, 0.6) is 0 Å². The Morgan fingerprint density at radius 3 is 2.44 bits per heavy atom. The molecule has 0 radical (unpaired) electrons. The van der Waals surface area contributed by atoms with E-state index < -0.39 is 6.16 Å². The van der Waals surface area contributed by atoms with Crippen molar-refractivity contribution in [2.75, 3.05) is 0 Å². The molecule has 0 amide bonds. The molecule has 4 heteroatoms. The molecule has 0 aliphatic carbocycles. The van der Waals surface area contributed by atoms with Gasteiger partial charge in [-0.1, -0.05) is 36.9 Å². The minimum absolute atomic E-state index is 0.902. The number of ether oxygens (including phenoxy) is 1. The molecule has 0 saturated heterocycles. The summed E-state index contributed by atoms with van der Waals surface area (Å²) in [5.74, 6) is 0. The first-order valence-electron chi connectivity index (χ1n) is 4.32. The third-order valence-corrected chi connectivity index (χ3v) is 1.32. The normalized spacial score (nSPS) is 8.44. The van der Waals surface area contributed by atoms with Crippen LogP contribution in [0, 0.1) is 11.3 Å². The van der Waals surface area contributed by atoms with Crippen LogP contribution in [0.4, 0.5) is 4.79 Å². The van der Waals surface area contributed by atoms with Crippen molar-refractivity contribution in [1.29, 1.82) is 5.26 Å². The minimum Gasteiger partial charge on any atom is -0.449 e. The Labute approximate surface area is 93.7 Å². The first kappa shape index (κ1) is 13.5. The van der Waals surface area contributed by atoms with Crippen molar-refractivity contribution in [1.82, 2.24) is 0 Å². The van der Waals surface area contributed by atoms with Crippen LogP contribution in [-0.4, -0.2) is 11.3 Å². The van der Waals surface area contributed by atoms with E-state index in [4.69, 9.17) is 10.4 Å². The Kier molecular flexibility index (Phi) is 7.60. The van der Waals surface area contributed by atoms with E-state index in [1.54, 1.807) is 12.1 Å². The lowest BCUT2D eigenvalue weighted by Gasteiger charge is -1.90. The van der Waals surface area contributed by atoms with Gasteiger partial charge < -0.3 is 9.84 Å². The number of carboxylic acid groups (broad SMARTS) is 1. The van der Waals surface area contributed by atoms with Gasteiger partial charge in [-0.25, -0.2) is 4.79 Å². The van der Waals surface area contributed by atoms with Gasteiger partial charge in [0.1, 0.15) is 0 Å². The molecule has 82 valence electrons. The quantitative estimate of drug-likeness (QED) is 0.469. The minimum atomic E-state index is -1.30. The molecule has 0 atom stereocenters. The Morgan fingerprint density at radius 2 is 2.00 bits per heavy atom. The van der Waals surface area contributed by atoms with Crippen LogP contribution >= 0.6 is 0 Å². The van der Waals surface area contributed by atoms with Crippen LogP contribution in [0.3, 0.4) is 0 Å². The lowest BCUT2D eigenvalue weighted by molar-refractivity contribution is 0.128. The van der Waals surface area contributed by atoms with E-state index in [-0.39, 0.29) is 0 Å². The van der Waals surface area contributed by atoms with Crippen LogP contribution in [0.1, 0.15) is 5.56 Å². The molecular weight excluding hydrogens is 206 g/mol. The van der Waals surface area contributed by atoms with Crippen molar-refractivity contribution in [3.8, 4) is 6.07 Å². The van der Waals surface area contributed by atoms with E-state index in [1.807, 2.05) is 30.3 Å².